The maximum absolute atomic E-state index is 14.5. The Labute approximate surface area is 398 Å². The van der Waals surface area contributed by atoms with Crippen LogP contribution >= 0.6 is 11.8 Å². The average Bonchev–Trinajstić information content (AvgIpc) is 3.58. The molecule has 4 heterocycles. The first-order chi connectivity index (χ1) is 30.9. The van der Waals surface area contributed by atoms with Gasteiger partial charge in [-0.1, -0.05) is 60.7 Å². The number of pyridine rings is 1. The number of nitrogens with one attached hydrogen (secondary N) is 2. The van der Waals surface area contributed by atoms with E-state index in [0.29, 0.717) is 29.8 Å². The van der Waals surface area contributed by atoms with Gasteiger partial charge < -0.3 is 51.5 Å². The number of halogens is 1. The van der Waals surface area contributed by atoms with E-state index in [1.807, 2.05) is 66.7 Å². The number of rotatable bonds is 12. The zero-order valence-electron chi connectivity index (χ0n) is 37.4. The zero-order valence-corrected chi connectivity index (χ0v) is 39.9. The Hall–Kier alpha value is -6.46. The molecule has 2 N–H and O–H groups in total. The van der Waals surface area contributed by atoms with E-state index in [9.17, 15) is 28.8 Å². The summed E-state index contributed by atoms with van der Waals surface area (Å²) in [5.41, 5.74) is 2.22. The maximum atomic E-state index is 14.5. The Bertz CT molecular complexity index is 2480. The first kappa shape index (κ1) is 49.0. The van der Waals surface area contributed by atoms with Crippen molar-refractivity contribution in [3.8, 4) is 5.75 Å². The minimum absolute atomic E-state index is 0. The van der Waals surface area contributed by atoms with E-state index in [1.54, 1.807) is 99.8 Å². The van der Waals surface area contributed by atoms with Crippen LogP contribution in [0.4, 0.5) is 15.3 Å². The summed E-state index contributed by atoms with van der Waals surface area (Å²) in [6.45, 7) is 11.1. The van der Waals surface area contributed by atoms with Gasteiger partial charge in [-0.05, 0) is 101 Å². The van der Waals surface area contributed by atoms with Crippen molar-refractivity contribution in [3.63, 3.8) is 0 Å². The fourth-order valence-corrected chi connectivity index (χ4v) is 8.72. The third kappa shape index (κ3) is 12.5. The number of likely N-dealkylation sites (tertiary alicyclic amines) is 1. The van der Waals surface area contributed by atoms with Crippen LogP contribution in [0.1, 0.15) is 70.8 Å². The van der Waals surface area contributed by atoms with Gasteiger partial charge in [-0.25, -0.2) is 14.4 Å². The molecule has 0 aliphatic carbocycles. The highest BCUT2D eigenvalue weighted by Gasteiger charge is 2.55. The summed E-state index contributed by atoms with van der Waals surface area (Å²) in [5.74, 6) is -1.24. The van der Waals surface area contributed by atoms with Gasteiger partial charge in [-0.15, -0.1) is 11.8 Å². The molecule has 0 bridgehead atoms. The van der Waals surface area contributed by atoms with Gasteiger partial charge in [-0.2, -0.15) is 4.57 Å². The van der Waals surface area contributed by atoms with Crippen LogP contribution in [0.3, 0.4) is 0 Å². The van der Waals surface area contributed by atoms with Crippen LogP contribution in [0.2, 0.25) is 0 Å². The van der Waals surface area contributed by atoms with Crippen molar-refractivity contribution in [2.75, 3.05) is 17.6 Å². The van der Waals surface area contributed by atoms with Crippen LogP contribution in [0.15, 0.2) is 132 Å². The number of ether oxygens (including phenoxy) is 4. The SMILES string of the molecule is CC(C)(C)OC(=O)NC1C(=O)N2C(C(=O)OC(c3ccccc3)c3ccccc3)=C(C=C3CCN(Cc4ccc[n+](CC(=O)Nc5ccc(OC(=O)OC(C)(C)C)cc5)c4)C3=O)CSC12.[Br-]. The van der Waals surface area contributed by atoms with Crippen molar-refractivity contribution in [1.82, 2.24) is 15.1 Å². The molecule has 4 amide bonds. The molecule has 15 nitrogen and oxygen atoms in total. The number of carbonyl (C=O) groups is 6. The van der Waals surface area contributed by atoms with Crippen molar-refractivity contribution in [1.29, 1.82) is 0 Å². The van der Waals surface area contributed by atoms with Crippen LogP contribution in [0.5, 0.6) is 5.75 Å². The lowest BCUT2D eigenvalue weighted by Crippen LogP contribution is -3.00. The molecule has 0 radical (unpaired) electrons. The lowest BCUT2D eigenvalue weighted by atomic mass is 10.00. The summed E-state index contributed by atoms with van der Waals surface area (Å²) in [4.78, 5) is 83.2. The Balaban J connectivity index is 0.00000720. The minimum Gasteiger partial charge on any atom is -1.00 e. The molecule has 0 spiro atoms. The molecule has 2 fully saturated rings. The predicted molar refractivity (Wildman–Crippen MR) is 241 cm³/mol. The van der Waals surface area contributed by atoms with Crippen molar-refractivity contribution in [2.45, 2.75) is 89.8 Å². The average molecular weight is 983 g/mol. The third-order valence-electron chi connectivity index (χ3n) is 10.2. The van der Waals surface area contributed by atoms with E-state index in [0.717, 1.165) is 16.7 Å². The highest BCUT2D eigenvalue weighted by Crippen LogP contribution is 2.43. The topological polar surface area (TPSA) is 174 Å². The molecule has 3 aliphatic heterocycles. The fourth-order valence-electron chi connectivity index (χ4n) is 7.41. The molecule has 7 rings (SSSR count). The van der Waals surface area contributed by atoms with Gasteiger partial charge in [0.05, 0.1) is 6.54 Å². The van der Waals surface area contributed by atoms with Crippen LogP contribution in [0.25, 0.3) is 0 Å². The summed E-state index contributed by atoms with van der Waals surface area (Å²) in [6, 6.07) is 27.7. The molecule has 17 heteroatoms. The molecule has 0 saturated carbocycles. The number of amides is 4. The molecular weight excluding hydrogens is 931 g/mol. The molecule has 2 saturated heterocycles. The van der Waals surface area contributed by atoms with Gasteiger partial charge in [0.2, 0.25) is 12.5 Å². The molecule has 1 aromatic heterocycles. The third-order valence-corrected chi connectivity index (χ3v) is 11.5. The van der Waals surface area contributed by atoms with E-state index in [1.165, 1.54) is 16.7 Å². The van der Waals surface area contributed by atoms with Gasteiger partial charge in [0, 0.05) is 35.2 Å². The minimum atomic E-state index is -0.937. The maximum Gasteiger partial charge on any atom is 0.514 e. The number of nitrogens with zero attached hydrogens (tertiary/aromatic N) is 3. The second-order valence-electron chi connectivity index (χ2n) is 17.7. The largest absolute Gasteiger partial charge is 1.00 e. The number of carbonyl (C=O) groups excluding carboxylic acids is 6. The molecular formula is C49H52BrN5O10S. The number of thioether (sulfide) groups is 1. The summed E-state index contributed by atoms with van der Waals surface area (Å²) in [7, 11) is 0. The van der Waals surface area contributed by atoms with Crippen LogP contribution in [-0.4, -0.2) is 80.7 Å². The Morgan fingerprint density at radius 2 is 1.48 bits per heavy atom. The number of hydrogen-bond donors (Lipinski definition) is 2. The monoisotopic (exact) mass is 981 g/mol. The summed E-state index contributed by atoms with van der Waals surface area (Å²) >= 11 is 1.37. The molecule has 4 aromatic rings. The van der Waals surface area contributed by atoms with Crippen LogP contribution < -0.4 is 36.9 Å². The zero-order chi connectivity index (χ0) is 46.5. The number of β-lactam (4-membered cyclic amide) rings is 1. The number of esters is 1. The van der Waals surface area contributed by atoms with E-state index in [2.05, 4.69) is 10.6 Å². The van der Waals surface area contributed by atoms with E-state index < -0.39 is 52.8 Å². The smallest absolute Gasteiger partial charge is 0.514 e. The van der Waals surface area contributed by atoms with Gasteiger partial charge in [0.15, 0.2) is 18.5 Å². The van der Waals surface area contributed by atoms with Gasteiger partial charge in [0.25, 0.3) is 11.8 Å². The van der Waals surface area contributed by atoms with Gasteiger partial charge in [-0.3, -0.25) is 19.3 Å². The number of anilines is 1. The van der Waals surface area contributed by atoms with E-state index >= 15 is 0 Å². The predicted octanol–water partition coefficient (Wildman–Crippen LogP) is 3.98. The Kier molecular flexibility index (Phi) is 15.4. The van der Waals surface area contributed by atoms with Crippen molar-refractivity contribution < 1.29 is 69.3 Å². The molecule has 2 atom stereocenters. The number of aromatic nitrogens is 1. The highest BCUT2D eigenvalue weighted by molar-refractivity contribution is 8.00. The van der Waals surface area contributed by atoms with Crippen LogP contribution in [0, 0.1) is 0 Å². The van der Waals surface area contributed by atoms with Crippen molar-refractivity contribution in [2.24, 2.45) is 0 Å². The Morgan fingerprint density at radius 3 is 2.11 bits per heavy atom. The summed E-state index contributed by atoms with van der Waals surface area (Å²) in [5, 5.41) is 4.89. The van der Waals surface area contributed by atoms with Crippen molar-refractivity contribution >= 4 is 53.4 Å². The number of fused-ring (bicyclic) bond motifs is 1. The number of alkyl carbamates (subject to hydrolysis) is 1. The van der Waals surface area contributed by atoms with Crippen LogP contribution in [-0.2, 0) is 46.5 Å². The molecule has 3 aliphatic rings. The second-order valence-corrected chi connectivity index (χ2v) is 18.8. The van der Waals surface area contributed by atoms with Gasteiger partial charge in [0.1, 0.15) is 34.1 Å². The first-order valence-corrected chi connectivity index (χ1v) is 22.2. The standard InChI is InChI=1S/C49H51N5O10S.BrH/c1-48(2,3)63-46(59)51-39-43(57)54-40(45(58)62-41(32-15-9-7-10-16-32)33-17-11-8-12-18-33)35(30-65-44(39)54)26-34-23-25-53(42(34)56)28-31-14-13-24-52(27-31)29-38(55)50-36-19-21-37(22-20-36)61-47(60)64-49(4,5)6;/h7-22,24,26-27,39,41,44H,23,25,28-30H2,1-6H3,(H-,50,51,55,59);1H. The number of benzene rings is 3. The number of allylic oxidation sites excluding steroid dienone is 1. The van der Waals surface area contributed by atoms with E-state index in [4.69, 9.17) is 18.9 Å². The van der Waals surface area contributed by atoms with E-state index in [-0.39, 0.29) is 59.1 Å². The summed E-state index contributed by atoms with van der Waals surface area (Å²) < 4.78 is 23.8. The normalized spacial score (nSPS) is 17.7. The lowest BCUT2D eigenvalue weighted by Gasteiger charge is -2.49. The van der Waals surface area contributed by atoms with Gasteiger partial charge >= 0.3 is 18.2 Å². The Morgan fingerprint density at radius 1 is 0.848 bits per heavy atom. The highest BCUT2D eigenvalue weighted by atomic mass is 79.9. The summed E-state index contributed by atoms with van der Waals surface area (Å²) in [6.07, 6.45) is 3.26. The molecule has 66 heavy (non-hydrogen) atoms. The lowest BCUT2D eigenvalue weighted by molar-refractivity contribution is -0.684. The van der Waals surface area contributed by atoms with Crippen molar-refractivity contribution in [3.05, 3.63) is 149 Å². The molecule has 3 aromatic carbocycles. The first-order valence-electron chi connectivity index (χ1n) is 21.2. The number of hydrogen-bond acceptors (Lipinski definition) is 11. The fraction of sp³-hybridized carbons (Fsp3) is 0.327. The molecule has 346 valence electrons. The molecule has 2 unspecified atom stereocenters. The quantitative estimate of drug-likeness (QED) is 0.0525. The second kappa shape index (κ2) is 20.8.